The van der Waals surface area contributed by atoms with E-state index in [-0.39, 0.29) is 26.4 Å². The first-order valence-electron chi connectivity index (χ1n) is 13.5. The number of phenolic OH excluding ortho intramolecular Hbond substituents is 1. The zero-order chi connectivity index (χ0) is 30.4. The highest BCUT2D eigenvalue weighted by atomic mass is 35.5. The van der Waals surface area contributed by atoms with E-state index in [4.69, 9.17) is 23.2 Å². The second-order valence-corrected chi connectivity index (χ2v) is 14.0. The van der Waals surface area contributed by atoms with Crippen LogP contribution in [-0.4, -0.2) is 13.5 Å². The van der Waals surface area contributed by atoms with Gasteiger partial charge in [0.25, 0.3) is 10.0 Å². The number of phenols is 1. The van der Waals surface area contributed by atoms with E-state index in [1.54, 1.807) is 24.3 Å². The third-order valence-corrected chi connectivity index (χ3v) is 9.47. The van der Waals surface area contributed by atoms with Gasteiger partial charge in [-0.2, -0.15) is 0 Å². The zero-order valence-corrected chi connectivity index (χ0v) is 26.4. The van der Waals surface area contributed by atoms with Crippen molar-refractivity contribution in [3.8, 4) is 5.75 Å². The van der Waals surface area contributed by atoms with Crippen LogP contribution in [0.25, 0.3) is 10.8 Å². The summed E-state index contributed by atoms with van der Waals surface area (Å²) in [6.45, 7) is 10.1. The summed E-state index contributed by atoms with van der Waals surface area (Å²) in [6.07, 6.45) is 0. The summed E-state index contributed by atoms with van der Waals surface area (Å²) >= 11 is 12.8. The van der Waals surface area contributed by atoms with Crippen LogP contribution in [0.2, 0.25) is 10.0 Å². The topological polar surface area (TPSA) is 69.6 Å². The quantitative estimate of drug-likeness (QED) is 0.199. The summed E-state index contributed by atoms with van der Waals surface area (Å²) in [7, 11) is -4.21. The third-order valence-electron chi connectivity index (χ3n) is 7.15. The summed E-state index contributed by atoms with van der Waals surface area (Å²) in [5.41, 5.74) is 4.82. The molecule has 216 valence electrons. The molecule has 5 aromatic rings. The van der Waals surface area contributed by atoms with Gasteiger partial charge in [0.1, 0.15) is 0 Å². The highest BCUT2D eigenvalue weighted by molar-refractivity contribution is 7.93. The minimum Gasteiger partial charge on any atom is -0.505 e. The number of anilines is 4. The highest BCUT2D eigenvalue weighted by Crippen LogP contribution is 2.48. The molecule has 0 bridgehead atoms. The minimum atomic E-state index is -4.21. The molecule has 42 heavy (non-hydrogen) atoms. The van der Waals surface area contributed by atoms with Crippen molar-refractivity contribution in [1.29, 1.82) is 0 Å². The van der Waals surface area contributed by atoms with Gasteiger partial charge in [0.15, 0.2) is 5.75 Å². The molecule has 0 unspecified atom stereocenters. The van der Waals surface area contributed by atoms with Crippen molar-refractivity contribution in [2.75, 3.05) is 9.62 Å². The third kappa shape index (κ3) is 5.67. The fourth-order valence-electron chi connectivity index (χ4n) is 4.92. The van der Waals surface area contributed by atoms with Crippen molar-refractivity contribution in [2.24, 2.45) is 0 Å². The summed E-state index contributed by atoms with van der Waals surface area (Å²) in [5, 5.41) is 15.3. The minimum absolute atomic E-state index is 0.0547. The number of halogens is 2. The number of aromatic hydroxyl groups is 1. The van der Waals surface area contributed by atoms with E-state index in [0.29, 0.717) is 5.69 Å². The summed E-state index contributed by atoms with van der Waals surface area (Å²) < 4.78 is 30.6. The molecule has 5 nitrogen and oxygen atoms in total. The molecule has 5 rings (SSSR count). The van der Waals surface area contributed by atoms with Crippen LogP contribution in [0.4, 0.5) is 22.7 Å². The summed E-state index contributed by atoms with van der Waals surface area (Å²) in [4.78, 5) is 0.110. The largest absolute Gasteiger partial charge is 0.505 e. The normalized spacial score (nSPS) is 12.0. The Balaban J connectivity index is 1.88. The second kappa shape index (κ2) is 11.2. The first kappa shape index (κ1) is 29.8. The summed E-state index contributed by atoms with van der Waals surface area (Å²) in [5.74, 6) is -0.312. The Kier molecular flexibility index (Phi) is 7.92. The van der Waals surface area contributed by atoms with E-state index in [0.717, 1.165) is 38.8 Å². The van der Waals surface area contributed by atoms with Gasteiger partial charge in [-0.25, -0.2) is 12.7 Å². The molecule has 0 aliphatic heterocycles. The van der Waals surface area contributed by atoms with E-state index < -0.39 is 15.4 Å². The van der Waals surface area contributed by atoms with Crippen LogP contribution < -0.4 is 9.62 Å². The number of rotatable bonds is 6. The fourth-order valence-corrected chi connectivity index (χ4v) is 6.91. The Bertz CT molecular complexity index is 1870. The van der Waals surface area contributed by atoms with Crippen molar-refractivity contribution in [2.45, 2.75) is 44.9 Å². The average Bonchev–Trinajstić information content (AvgIpc) is 2.93. The molecule has 0 saturated heterocycles. The maximum absolute atomic E-state index is 14.6. The fraction of sp³-hybridized carbons (Fsp3) is 0.176. The van der Waals surface area contributed by atoms with Gasteiger partial charge in [-0.3, -0.25) is 0 Å². The molecule has 5 aromatic carbocycles. The van der Waals surface area contributed by atoms with E-state index in [9.17, 15) is 13.5 Å². The maximum atomic E-state index is 14.6. The van der Waals surface area contributed by atoms with Gasteiger partial charge in [-0.15, -0.1) is 0 Å². The van der Waals surface area contributed by atoms with Crippen LogP contribution in [-0.2, 0) is 15.4 Å². The number of benzene rings is 5. The molecule has 0 aliphatic carbocycles. The average molecular weight is 620 g/mol. The Morgan fingerprint density at radius 3 is 1.83 bits per heavy atom. The van der Waals surface area contributed by atoms with Crippen LogP contribution in [0.5, 0.6) is 5.75 Å². The van der Waals surface area contributed by atoms with Gasteiger partial charge in [-0.1, -0.05) is 104 Å². The number of hydrogen-bond acceptors (Lipinski definition) is 4. The predicted molar refractivity (Wildman–Crippen MR) is 176 cm³/mol. The van der Waals surface area contributed by atoms with Crippen LogP contribution in [0.3, 0.4) is 0 Å². The van der Waals surface area contributed by atoms with Gasteiger partial charge in [0, 0.05) is 22.1 Å². The summed E-state index contributed by atoms with van der Waals surface area (Å²) in [6, 6.07) is 27.4. The zero-order valence-electron chi connectivity index (χ0n) is 24.0. The van der Waals surface area contributed by atoms with Crippen molar-refractivity contribution >= 4 is 66.7 Å². The maximum Gasteiger partial charge on any atom is 0.268 e. The molecule has 0 aliphatic rings. The molecule has 0 heterocycles. The number of nitrogens with one attached hydrogen (secondary N) is 1. The predicted octanol–water partition coefficient (Wildman–Crippen LogP) is 10.0. The second-order valence-electron chi connectivity index (χ2n) is 11.4. The highest BCUT2D eigenvalue weighted by Gasteiger charge is 2.34. The Morgan fingerprint density at radius 1 is 0.762 bits per heavy atom. The number of hydrogen-bond donors (Lipinski definition) is 2. The Hall–Kier alpha value is -3.71. The van der Waals surface area contributed by atoms with Gasteiger partial charge >= 0.3 is 0 Å². The molecule has 0 atom stereocenters. The van der Waals surface area contributed by atoms with Crippen molar-refractivity contribution in [1.82, 2.24) is 0 Å². The van der Waals surface area contributed by atoms with E-state index >= 15 is 0 Å². The van der Waals surface area contributed by atoms with Gasteiger partial charge in [-0.05, 0) is 67.3 Å². The van der Waals surface area contributed by atoms with Crippen LogP contribution in [0, 0.1) is 13.8 Å². The first-order valence-corrected chi connectivity index (χ1v) is 15.7. The molecule has 0 saturated carbocycles. The number of sulfonamides is 1. The van der Waals surface area contributed by atoms with E-state index in [2.05, 4.69) is 5.32 Å². The number of fused-ring (bicyclic) bond motifs is 1. The number of aryl methyl sites for hydroxylation is 2. The molecule has 0 radical (unpaired) electrons. The lowest BCUT2D eigenvalue weighted by atomic mass is 9.83. The lowest BCUT2D eigenvalue weighted by Gasteiger charge is -2.33. The monoisotopic (exact) mass is 618 g/mol. The van der Waals surface area contributed by atoms with Gasteiger partial charge in [0.05, 0.1) is 26.3 Å². The van der Waals surface area contributed by atoms with E-state index in [1.165, 1.54) is 16.4 Å². The SMILES string of the molecule is Cc1ccc(Nc2cc(C(C)(C)C)c(N(c3cc(Cl)c(O)c(Cl)c3)S(=O)(=O)c3ccc(C)cc3)c3ccccc23)cc1. The molecule has 0 aromatic heterocycles. The Morgan fingerprint density at radius 2 is 1.29 bits per heavy atom. The van der Waals surface area contributed by atoms with Crippen molar-refractivity contribution in [3.05, 3.63) is 118 Å². The molecular formula is C34H32Cl2N2O3S. The number of nitrogens with zero attached hydrogens (tertiary/aromatic N) is 1. The lowest BCUT2D eigenvalue weighted by Crippen LogP contribution is -2.29. The van der Waals surface area contributed by atoms with Crippen molar-refractivity contribution in [3.63, 3.8) is 0 Å². The van der Waals surface area contributed by atoms with Gasteiger partial charge in [0.2, 0.25) is 0 Å². The smallest absolute Gasteiger partial charge is 0.268 e. The molecular weight excluding hydrogens is 587 g/mol. The van der Waals surface area contributed by atoms with Crippen LogP contribution >= 0.6 is 23.2 Å². The standard InChI is InChI=1S/C34H32Cl2N2O3S/c1-21-10-14-23(15-11-21)37-31-20-28(34(3,4)5)32(27-9-7-6-8-26(27)31)38(24-18-29(35)33(39)30(36)19-24)42(40,41)25-16-12-22(2)13-17-25/h6-20,37,39H,1-5H3. The first-order chi connectivity index (χ1) is 19.8. The lowest BCUT2D eigenvalue weighted by molar-refractivity contribution is 0.476. The van der Waals surface area contributed by atoms with Crippen molar-refractivity contribution < 1.29 is 13.5 Å². The van der Waals surface area contributed by atoms with Crippen LogP contribution in [0.1, 0.15) is 37.5 Å². The molecule has 0 fully saturated rings. The van der Waals surface area contributed by atoms with Crippen LogP contribution in [0.15, 0.2) is 95.9 Å². The molecule has 0 amide bonds. The van der Waals surface area contributed by atoms with Gasteiger partial charge < -0.3 is 10.4 Å². The van der Waals surface area contributed by atoms with E-state index in [1.807, 2.05) is 89.2 Å². The molecule has 8 heteroatoms. The Labute approximate surface area is 257 Å². The molecule has 0 spiro atoms. The molecule has 2 N–H and O–H groups in total.